The van der Waals surface area contributed by atoms with Crippen molar-refractivity contribution in [3.63, 3.8) is 0 Å². The molecule has 0 amide bonds. The van der Waals surface area contributed by atoms with Gasteiger partial charge in [-0.1, -0.05) is 11.6 Å². The summed E-state index contributed by atoms with van der Waals surface area (Å²) < 4.78 is 6.48. The minimum Gasteiger partial charge on any atom is -0.377 e. The third-order valence-electron chi connectivity index (χ3n) is 3.76. The van der Waals surface area contributed by atoms with Crippen molar-refractivity contribution >= 4 is 22.9 Å². The van der Waals surface area contributed by atoms with E-state index in [0.29, 0.717) is 0 Å². The molecule has 0 bridgehead atoms. The summed E-state index contributed by atoms with van der Waals surface area (Å²) in [6.45, 7) is 7.43. The van der Waals surface area contributed by atoms with Crippen LogP contribution in [0.3, 0.4) is 0 Å². The van der Waals surface area contributed by atoms with E-state index in [-0.39, 0.29) is 5.60 Å². The van der Waals surface area contributed by atoms with Crippen molar-refractivity contribution in [2.75, 3.05) is 33.3 Å². The summed E-state index contributed by atoms with van der Waals surface area (Å²) in [4.78, 5) is 3.78. The van der Waals surface area contributed by atoms with Gasteiger partial charge in [0.2, 0.25) is 0 Å². The molecule has 108 valence electrons. The molecule has 5 heteroatoms. The summed E-state index contributed by atoms with van der Waals surface area (Å²) in [5.74, 6) is 0. The summed E-state index contributed by atoms with van der Waals surface area (Å²) in [6, 6.07) is 4.04. The molecule has 3 nitrogen and oxygen atoms in total. The quantitative estimate of drug-likeness (QED) is 0.818. The van der Waals surface area contributed by atoms with Crippen LogP contribution in [0.25, 0.3) is 0 Å². The molecule has 1 aromatic rings. The third-order valence-corrected chi connectivity index (χ3v) is 4.99. The number of nitrogens with one attached hydrogen (secondary N) is 1. The molecular formula is C14H23ClN2OS. The molecule has 0 spiro atoms. The highest BCUT2D eigenvalue weighted by molar-refractivity contribution is 7.16. The largest absolute Gasteiger partial charge is 0.377 e. The topological polar surface area (TPSA) is 24.5 Å². The average Bonchev–Trinajstić information content (AvgIpc) is 2.81. The van der Waals surface area contributed by atoms with Crippen molar-refractivity contribution in [2.45, 2.75) is 31.9 Å². The summed E-state index contributed by atoms with van der Waals surface area (Å²) in [7, 11) is 1.82. The van der Waals surface area contributed by atoms with Gasteiger partial charge in [-0.25, -0.2) is 0 Å². The third kappa shape index (κ3) is 4.72. The maximum absolute atomic E-state index is 5.91. The van der Waals surface area contributed by atoms with Gasteiger partial charge in [0, 0.05) is 38.2 Å². The predicted molar refractivity (Wildman–Crippen MR) is 82.1 cm³/mol. The summed E-state index contributed by atoms with van der Waals surface area (Å²) >= 11 is 7.56. The van der Waals surface area contributed by atoms with Crippen LogP contribution in [0.2, 0.25) is 4.34 Å². The normalized spacial score (nSPS) is 24.8. The van der Waals surface area contributed by atoms with Gasteiger partial charge in [-0.3, -0.25) is 4.90 Å². The van der Waals surface area contributed by atoms with Crippen LogP contribution >= 0.6 is 22.9 Å². The lowest BCUT2D eigenvalue weighted by atomic mass is 9.95. The molecule has 19 heavy (non-hydrogen) atoms. The number of ether oxygens (including phenoxy) is 1. The fourth-order valence-corrected chi connectivity index (χ4v) is 3.62. The molecule has 1 fully saturated rings. The standard InChI is InChI=1S/C14H23ClN2OS/c1-14(18-2)6-3-8-17(11-14)9-7-16-10-12-4-5-13(15)19-12/h4-5,16H,3,6-11H2,1-2H3. The van der Waals surface area contributed by atoms with E-state index in [1.807, 2.05) is 13.2 Å². The number of rotatable bonds is 6. The monoisotopic (exact) mass is 302 g/mol. The van der Waals surface area contributed by atoms with Crippen LogP contribution in [0.4, 0.5) is 0 Å². The number of methoxy groups -OCH3 is 1. The van der Waals surface area contributed by atoms with E-state index in [1.165, 1.54) is 24.3 Å². The van der Waals surface area contributed by atoms with Gasteiger partial charge in [0.15, 0.2) is 0 Å². The molecule has 0 aromatic carbocycles. The van der Waals surface area contributed by atoms with Crippen molar-refractivity contribution in [3.05, 3.63) is 21.3 Å². The van der Waals surface area contributed by atoms with Crippen molar-refractivity contribution in [3.8, 4) is 0 Å². The van der Waals surface area contributed by atoms with Crippen LogP contribution in [0, 0.1) is 0 Å². The van der Waals surface area contributed by atoms with Gasteiger partial charge in [-0.15, -0.1) is 11.3 Å². The number of nitrogens with zero attached hydrogens (tertiary/aromatic N) is 1. The SMILES string of the molecule is COC1(C)CCCN(CCNCc2ccc(Cl)s2)C1. The zero-order valence-corrected chi connectivity index (χ0v) is 13.3. The molecule has 0 radical (unpaired) electrons. The Morgan fingerprint density at radius 3 is 3.05 bits per heavy atom. The molecule has 2 heterocycles. The average molecular weight is 303 g/mol. The molecule has 1 unspecified atom stereocenters. The Balaban J connectivity index is 1.65. The lowest BCUT2D eigenvalue weighted by Gasteiger charge is -2.39. The van der Waals surface area contributed by atoms with Crippen LogP contribution in [-0.2, 0) is 11.3 Å². The maximum Gasteiger partial charge on any atom is 0.0931 e. The van der Waals surface area contributed by atoms with Crippen molar-refractivity contribution in [1.29, 1.82) is 0 Å². The van der Waals surface area contributed by atoms with Gasteiger partial charge in [-0.05, 0) is 38.4 Å². The van der Waals surface area contributed by atoms with Crippen LogP contribution in [0.5, 0.6) is 0 Å². The van der Waals surface area contributed by atoms with Crippen LogP contribution < -0.4 is 5.32 Å². The van der Waals surface area contributed by atoms with Crippen LogP contribution in [0.15, 0.2) is 12.1 Å². The van der Waals surface area contributed by atoms with E-state index in [1.54, 1.807) is 11.3 Å². The molecule has 1 saturated heterocycles. The van der Waals surface area contributed by atoms with Gasteiger partial charge < -0.3 is 10.1 Å². The Morgan fingerprint density at radius 1 is 1.53 bits per heavy atom. The molecule has 0 aliphatic carbocycles. The highest BCUT2D eigenvalue weighted by Gasteiger charge is 2.30. The second kappa shape index (κ2) is 7.04. The number of thiophene rings is 1. The Morgan fingerprint density at radius 2 is 2.37 bits per heavy atom. The minimum absolute atomic E-state index is 0.0412. The van der Waals surface area contributed by atoms with E-state index in [9.17, 15) is 0 Å². The highest BCUT2D eigenvalue weighted by Crippen LogP contribution is 2.23. The van der Waals surface area contributed by atoms with E-state index in [0.717, 1.165) is 30.5 Å². The Kier molecular flexibility index (Phi) is 5.66. The van der Waals surface area contributed by atoms with Crippen LogP contribution in [0.1, 0.15) is 24.6 Å². The molecule has 0 saturated carbocycles. The summed E-state index contributed by atoms with van der Waals surface area (Å²) in [5.41, 5.74) is 0.0412. The van der Waals surface area contributed by atoms with Gasteiger partial charge in [0.25, 0.3) is 0 Å². The second-order valence-corrected chi connectivity index (χ2v) is 7.22. The van der Waals surface area contributed by atoms with E-state index < -0.39 is 0 Å². The first-order chi connectivity index (χ1) is 9.11. The molecule has 1 N–H and O–H groups in total. The van der Waals surface area contributed by atoms with Gasteiger partial charge >= 0.3 is 0 Å². The van der Waals surface area contributed by atoms with Gasteiger partial charge in [0.1, 0.15) is 0 Å². The van der Waals surface area contributed by atoms with Crippen molar-refractivity contribution in [1.82, 2.24) is 10.2 Å². The smallest absolute Gasteiger partial charge is 0.0931 e. The zero-order valence-electron chi connectivity index (χ0n) is 11.7. The minimum atomic E-state index is 0.0412. The first-order valence-electron chi connectivity index (χ1n) is 6.84. The lowest BCUT2D eigenvalue weighted by molar-refractivity contribution is -0.0502. The first kappa shape index (κ1) is 15.3. The fourth-order valence-electron chi connectivity index (χ4n) is 2.56. The number of hydrogen-bond acceptors (Lipinski definition) is 4. The molecule has 1 atom stereocenters. The zero-order chi connectivity index (χ0) is 13.7. The fraction of sp³-hybridized carbons (Fsp3) is 0.714. The van der Waals surface area contributed by atoms with Gasteiger partial charge in [-0.2, -0.15) is 0 Å². The number of hydrogen-bond donors (Lipinski definition) is 1. The predicted octanol–water partition coefficient (Wildman–Crippen LogP) is 2.99. The van der Waals surface area contributed by atoms with E-state index >= 15 is 0 Å². The number of likely N-dealkylation sites (tertiary alicyclic amines) is 1. The van der Waals surface area contributed by atoms with E-state index in [4.69, 9.17) is 16.3 Å². The van der Waals surface area contributed by atoms with Crippen LogP contribution in [-0.4, -0.2) is 43.8 Å². The Hall–Kier alpha value is -0.130. The lowest BCUT2D eigenvalue weighted by Crippen LogP contribution is -2.48. The molecule has 1 aliphatic heterocycles. The Labute approximate surface area is 124 Å². The second-order valence-electron chi connectivity index (χ2n) is 5.42. The molecular weight excluding hydrogens is 280 g/mol. The number of halogens is 1. The molecule has 1 aliphatic rings. The van der Waals surface area contributed by atoms with Crippen molar-refractivity contribution in [2.24, 2.45) is 0 Å². The summed E-state index contributed by atoms with van der Waals surface area (Å²) in [6.07, 6.45) is 2.39. The highest BCUT2D eigenvalue weighted by atomic mass is 35.5. The molecule has 2 rings (SSSR count). The molecule has 1 aromatic heterocycles. The Bertz CT molecular complexity index is 399. The maximum atomic E-state index is 5.91. The summed E-state index contributed by atoms with van der Waals surface area (Å²) in [5, 5.41) is 3.48. The van der Waals surface area contributed by atoms with E-state index in [2.05, 4.69) is 23.2 Å². The number of piperidine rings is 1. The van der Waals surface area contributed by atoms with Crippen molar-refractivity contribution < 1.29 is 4.74 Å². The first-order valence-corrected chi connectivity index (χ1v) is 8.03. The van der Waals surface area contributed by atoms with Gasteiger partial charge in [0.05, 0.1) is 9.94 Å².